The summed E-state index contributed by atoms with van der Waals surface area (Å²) in [6, 6.07) is 16.1. The third-order valence-electron chi connectivity index (χ3n) is 4.84. The molecule has 4 rings (SSSR count). The summed E-state index contributed by atoms with van der Waals surface area (Å²) in [7, 11) is 0. The van der Waals surface area contributed by atoms with Gasteiger partial charge in [0.1, 0.15) is 10.8 Å². The Labute approximate surface area is 173 Å². The number of hydrogen-bond acceptors (Lipinski definition) is 6. The molecule has 1 N–H and O–H groups in total. The highest BCUT2D eigenvalue weighted by Crippen LogP contribution is 2.17. The molecule has 1 aromatic heterocycles. The lowest BCUT2D eigenvalue weighted by Gasteiger charge is -2.34. The van der Waals surface area contributed by atoms with Crippen molar-refractivity contribution in [2.45, 2.75) is 13.1 Å². The minimum Gasteiger partial charge on any atom is -0.320 e. The fourth-order valence-corrected chi connectivity index (χ4v) is 4.04. The van der Waals surface area contributed by atoms with Gasteiger partial charge in [0.05, 0.1) is 6.54 Å². The third-order valence-corrected chi connectivity index (χ3v) is 5.74. The van der Waals surface area contributed by atoms with Gasteiger partial charge >= 0.3 is 0 Å². The fraction of sp³-hybridized carbons (Fsp3) is 0.286. The van der Waals surface area contributed by atoms with Gasteiger partial charge in [0.15, 0.2) is 0 Å². The summed E-state index contributed by atoms with van der Waals surface area (Å²) in [4.78, 5) is 17.1. The van der Waals surface area contributed by atoms with Gasteiger partial charge in [-0.05, 0) is 29.8 Å². The number of rotatable bonds is 6. The lowest BCUT2D eigenvalue weighted by atomic mass is 10.2. The molecule has 3 aromatic rings. The van der Waals surface area contributed by atoms with Crippen LogP contribution in [0.1, 0.15) is 20.4 Å². The second-order valence-corrected chi connectivity index (χ2v) is 8.06. The van der Waals surface area contributed by atoms with E-state index >= 15 is 0 Å². The van der Waals surface area contributed by atoms with E-state index in [9.17, 15) is 9.18 Å². The Morgan fingerprint density at radius 2 is 1.59 bits per heavy atom. The van der Waals surface area contributed by atoms with E-state index in [1.54, 1.807) is 0 Å². The molecule has 150 valence electrons. The molecular weight excluding hydrogens is 389 g/mol. The minimum atomic E-state index is -0.343. The fourth-order valence-electron chi connectivity index (χ4n) is 3.27. The number of halogens is 1. The van der Waals surface area contributed by atoms with E-state index < -0.39 is 0 Å². The maximum atomic E-state index is 13.0. The number of aromatic nitrogens is 2. The van der Waals surface area contributed by atoms with E-state index in [1.165, 1.54) is 41.2 Å². The quantitative estimate of drug-likeness (QED) is 0.675. The first kappa shape index (κ1) is 19.6. The maximum Gasteiger partial charge on any atom is 0.286 e. The van der Waals surface area contributed by atoms with Crippen LogP contribution in [0.25, 0.3) is 0 Å². The molecule has 1 saturated heterocycles. The van der Waals surface area contributed by atoms with Crippen LogP contribution in [0.15, 0.2) is 54.6 Å². The van der Waals surface area contributed by atoms with Crippen molar-refractivity contribution in [2.24, 2.45) is 0 Å². The predicted molar refractivity (Wildman–Crippen MR) is 111 cm³/mol. The molecule has 1 amide bonds. The summed E-state index contributed by atoms with van der Waals surface area (Å²) in [6.07, 6.45) is 0. The topological polar surface area (TPSA) is 61.4 Å². The minimum absolute atomic E-state index is 0.312. The molecule has 0 spiro atoms. The summed E-state index contributed by atoms with van der Waals surface area (Å²) in [6.45, 7) is 5.60. The summed E-state index contributed by atoms with van der Waals surface area (Å²) < 4.78 is 13.0. The van der Waals surface area contributed by atoms with Crippen molar-refractivity contribution >= 4 is 22.9 Å². The third kappa shape index (κ3) is 5.44. The zero-order valence-electron chi connectivity index (χ0n) is 15.9. The Bertz CT molecular complexity index is 939. The van der Waals surface area contributed by atoms with Gasteiger partial charge in [-0.15, -0.1) is 10.2 Å². The van der Waals surface area contributed by atoms with Gasteiger partial charge in [0.25, 0.3) is 5.91 Å². The first-order chi connectivity index (χ1) is 14.2. The number of piperazine rings is 1. The molecule has 0 radical (unpaired) electrons. The lowest BCUT2D eigenvalue weighted by molar-refractivity contribution is 0.102. The second-order valence-electron chi connectivity index (χ2n) is 7.00. The van der Waals surface area contributed by atoms with E-state index in [0.29, 0.717) is 17.2 Å². The second kappa shape index (κ2) is 9.21. The molecule has 0 unspecified atom stereocenters. The van der Waals surface area contributed by atoms with Crippen LogP contribution < -0.4 is 5.32 Å². The summed E-state index contributed by atoms with van der Waals surface area (Å²) in [5.41, 5.74) is 1.87. The number of carbonyl (C=O) groups excluding carboxylic acids is 1. The van der Waals surface area contributed by atoms with Crippen molar-refractivity contribution in [3.63, 3.8) is 0 Å². The SMILES string of the molecule is O=C(Nc1ccc(F)cc1)c1nnc(CN2CCN(Cc3ccccc3)CC2)s1. The summed E-state index contributed by atoms with van der Waals surface area (Å²) in [5.74, 6) is -0.668. The Morgan fingerprint density at radius 1 is 0.931 bits per heavy atom. The first-order valence-electron chi connectivity index (χ1n) is 9.54. The molecule has 29 heavy (non-hydrogen) atoms. The van der Waals surface area contributed by atoms with E-state index in [-0.39, 0.29) is 11.7 Å². The predicted octanol–water partition coefficient (Wildman–Crippen LogP) is 3.25. The van der Waals surface area contributed by atoms with Crippen LogP contribution >= 0.6 is 11.3 Å². The molecule has 6 nitrogen and oxygen atoms in total. The average Bonchev–Trinajstić information content (AvgIpc) is 3.21. The van der Waals surface area contributed by atoms with Crippen molar-refractivity contribution < 1.29 is 9.18 Å². The van der Waals surface area contributed by atoms with Crippen LogP contribution in [0.3, 0.4) is 0 Å². The number of amides is 1. The molecule has 0 atom stereocenters. The Kier molecular flexibility index (Phi) is 6.24. The highest BCUT2D eigenvalue weighted by molar-refractivity contribution is 7.13. The van der Waals surface area contributed by atoms with Crippen LogP contribution in [-0.2, 0) is 13.1 Å². The largest absolute Gasteiger partial charge is 0.320 e. The maximum absolute atomic E-state index is 13.0. The van der Waals surface area contributed by atoms with E-state index in [4.69, 9.17) is 0 Å². The van der Waals surface area contributed by atoms with Crippen LogP contribution in [0, 0.1) is 5.82 Å². The molecule has 1 fully saturated rings. The molecule has 0 saturated carbocycles. The number of carbonyl (C=O) groups is 1. The monoisotopic (exact) mass is 411 g/mol. The number of hydrogen-bond donors (Lipinski definition) is 1. The van der Waals surface area contributed by atoms with Gasteiger partial charge in [-0.3, -0.25) is 14.6 Å². The van der Waals surface area contributed by atoms with Crippen molar-refractivity contribution in [3.05, 3.63) is 76.0 Å². The molecule has 1 aliphatic heterocycles. The molecule has 0 bridgehead atoms. The highest BCUT2D eigenvalue weighted by Gasteiger charge is 2.20. The Morgan fingerprint density at radius 3 is 2.28 bits per heavy atom. The molecule has 2 heterocycles. The number of anilines is 1. The van der Waals surface area contributed by atoms with Crippen molar-refractivity contribution in [3.8, 4) is 0 Å². The number of nitrogens with one attached hydrogen (secondary N) is 1. The van der Waals surface area contributed by atoms with E-state index in [2.05, 4.69) is 49.6 Å². The van der Waals surface area contributed by atoms with Gasteiger partial charge in [-0.1, -0.05) is 41.7 Å². The number of nitrogens with zero attached hydrogens (tertiary/aromatic N) is 4. The number of benzene rings is 2. The molecule has 2 aromatic carbocycles. The van der Waals surface area contributed by atoms with Crippen LogP contribution in [0.5, 0.6) is 0 Å². The van der Waals surface area contributed by atoms with Crippen LogP contribution in [-0.4, -0.2) is 52.1 Å². The summed E-state index contributed by atoms with van der Waals surface area (Å²) in [5, 5.41) is 12.0. The zero-order valence-corrected chi connectivity index (χ0v) is 16.7. The Hall–Kier alpha value is -2.68. The van der Waals surface area contributed by atoms with Gasteiger partial charge in [0.2, 0.25) is 5.01 Å². The molecular formula is C21H22FN5OS. The first-order valence-corrected chi connectivity index (χ1v) is 10.4. The zero-order chi connectivity index (χ0) is 20.1. The van der Waals surface area contributed by atoms with E-state index in [0.717, 1.165) is 37.7 Å². The van der Waals surface area contributed by atoms with Gasteiger partial charge in [-0.2, -0.15) is 0 Å². The molecule has 8 heteroatoms. The van der Waals surface area contributed by atoms with Gasteiger partial charge in [0, 0.05) is 38.4 Å². The van der Waals surface area contributed by atoms with Crippen molar-refractivity contribution in [2.75, 3.05) is 31.5 Å². The Balaban J connectivity index is 1.26. The van der Waals surface area contributed by atoms with Gasteiger partial charge in [-0.25, -0.2) is 4.39 Å². The average molecular weight is 412 g/mol. The van der Waals surface area contributed by atoms with Crippen LogP contribution in [0.2, 0.25) is 0 Å². The van der Waals surface area contributed by atoms with Crippen molar-refractivity contribution in [1.82, 2.24) is 20.0 Å². The smallest absolute Gasteiger partial charge is 0.286 e. The summed E-state index contributed by atoms with van der Waals surface area (Å²) >= 11 is 1.30. The highest BCUT2D eigenvalue weighted by atomic mass is 32.1. The van der Waals surface area contributed by atoms with Gasteiger partial charge < -0.3 is 5.32 Å². The lowest BCUT2D eigenvalue weighted by Crippen LogP contribution is -2.45. The molecule has 1 aliphatic rings. The van der Waals surface area contributed by atoms with Crippen molar-refractivity contribution in [1.29, 1.82) is 0 Å². The standard InChI is InChI=1S/C21H22FN5OS/c22-17-6-8-18(9-7-17)23-20(28)21-25-24-19(29-21)15-27-12-10-26(11-13-27)14-16-4-2-1-3-5-16/h1-9H,10-15H2,(H,23,28). The van der Waals surface area contributed by atoms with Crippen LogP contribution in [0.4, 0.5) is 10.1 Å². The van der Waals surface area contributed by atoms with E-state index in [1.807, 2.05) is 6.07 Å². The molecule has 0 aliphatic carbocycles. The normalized spacial score (nSPS) is 15.3.